The Morgan fingerprint density at radius 1 is 1.43 bits per heavy atom. The first kappa shape index (κ1) is 15.3. The molecule has 1 saturated heterocycles. The van der Waals surface area contributed by atoms with E-state index in [1.54, 1.807) is 13.0 Å². The molecule has 0 radical (unpaired) electrons. The van der Waals surface area contributed by atoms with Crippen LogP contribution in [-0.2, 0) is 14.3 Å². The maximum atomic E-state index is 13.1. The summed E-state index contributed by atoms with van der Waals surface area (Å²) in [5.41, 5.74) is 0. The third-order valence-corrected chi connectivity index (χ3v) is 3.47. The third-order valence-electron chi connectivity index (χ3n) is 3.47. The highest BCUT2D eigenvalue weighted by Crippen LogP contribution is 2.21. The summed E-state index contributed by atoms with van der Waals surface area (Å²) in [5, 5.41) is 0. The Hall–Kier alpha value is -2.11. The number of likely N-dealkylation sites (tertiary alicyclic amines) is 1. The van der Waals surface area contributed by atoms with Gasteiger partial charge in [-0.2, -0.15) is 0 Å². The average Bonchev–Trinajstić information content (AvgIpc) is 2.95. The molecule has 0 bridgehead atoms. The predicted molar refractivity (Wildman–Crippen MR) is 73.2 cm³/mol. The van der Waals surface area contributed by atoms with Crippen LogP contribution in [0.1, 0.15) is 19.8 Å². The molecule has 0 saturated carbocycles. The van der Waals surface area contributed by atoms with E-state index < -0.39 is 23.9 Å². The molecular weight excluding hydrogens is 277 g/mol. The van der Waals surface area contributed by atoms with Crippen molar-refractivity contribution in [3.8, 4) is 5.75 Å². The molecule has 114 valence electrons. The fourth-order valence-corrected chi connectivity index (χ4v) is 2.44. The molecule has 2 rings (SSSR count). The number of hydrogen-bond acceptors (Lipinski definition) is 4. The van der Waals surface area contributed by atoms with Crippen LogP contribution >= 0.6 is 0 Å². The van der Waals surface area contributed by atoms with Crippen LogP contribution < -0.4 is 4.74 Å². The fraction of sp³-hybridized carbons (Fsp3) is 0.467. The molecule has 2 atom stereocenters. The first-order chi connectivity index (χ1) is 10.0. The molecule has 2 unspecified atom stereocenters. The van der Waals surface area contributed by atoms with Crippen LogP contribution in [0.5, 0.6) is 5.75 Å². The van der Waals surface area contributed by atoms with Gasteiger partial charge in [0.25, 0.3) is 5.91 Å². The number of benzene rings is 1. The number of esters is 1. The molecule has 0 spiro atoms. The smallest absolute Gasteiger partial charge is 0.328 e. The van der Waals surface area contributed by atoms with E-state index in [0.717, 1.165) is 6.42 Å². The zero-order valence-corrected chi connectivity index (χ0v) is 12.0. The minimum Gasteiger partial charge on any atom is -0.481 e. The lowest BCUT2D eigenvalue weighted by Crippen LogP contribution is -2.46. The van der Waals surface area contributed by atoms with Crippen molar-refractivity contribution in [2.45, 2.75) is 31.9 Å². The summed E-state index contributed by atoms with van der Waals surface area (Å²) in [6.07, 6.45) is 0.542. The summed E-state index contributed by atoms with van der Waals surface area (Å²) in [4.78, 5) is 25.5. The lowest BCUT2D eigenvalue weighted by molar-refractivity contribution is -0.153. The summed E-state index contributed by atoms with van der Waals surface area (Å²) < 4.78 is 23.2. The van der Waals surface area contributed by atoms with Crippen LogP contribution in [0.25, 0.3) is 0 Å². The van der Waals surface area contributed by atoms with E-state index in [-0.39, 0.29) is 11.7 Å². The van der Waals surface area contributed by atoms with Crippen molar-refractivity contribution >= 4 is 11.9 Å². The van der Waals surface area contributed by atoms with E-state index in [9.17, 15) is 14.0 Å². The summed E-state index contributed by atoms with van der Waals surface area (Å²) in [6, 6.07) is 5.04. The topological polar surface area (TPSA) is 55.8 Å². The SMILES string of the molecule is COC(=O)C1CCCN1C(=O)C(C)Oc1cccc(F)c1. The number of methoxy groups -OCH3 is 1. The molecule has 1 aliphatic heterocycles. The second kappa shape index (κ2) is 6.56. The Morgan fingerprint density at radius 3 is 2.86 bits per heavy atom. The Morgan fingerprint density at radius 2 is 2.19 bits per heavy atom. The van der Waals surface area contributed by atoms with E-state index >= 15 is 0 Å². The molecule has 0 aromatic heterocycles. The third kappa shape index (κ3) is 3.51. The van der Waals surface area contributed by atoms with Crippen molar-refractivity contribution in [3.63, 3.8) is 0 Å². The van der Waals surface area contributed by atoms with Crippen LogP contribution in [0.2, 0.25) is 0 Å². The van der Waals surface area contributed by atoms with Gasteiger partial charge in [0.05, 0.1) is 7.11 Å². The van der Waals surface area contributed by atoms with Gasteiger partial charge in [-0.25, -0.2) is 9.18 Å². The highest BCUT2D eigenvalue weighted by molar-refractivity contribution is 5.87. The standard InChI is InChI=1S/C15H18FNO4/c1-10(21-12-6-3-5-11(16)9-12)14(18)17-8-4-7-13(17)15(19)20-2/h3,5-6,9-10,13H,4,7-8H2,1-2H3. The molecule has 0 N–H and O–H groups in total. The summed E-state index contributed by atoms with van der Waals surface area (Å²) >= 11 is 0. The molecule has 1 fully saturated rings. The van der Waals surface area contributed by atoms with Crippen LogP contribution in [0.15, 0.2) is 24.3 Å². The highest BCUT2D eigenvalue weighted by Gasteiger charge is 2.37. The number of ether oxygens (including phenoxy) is 2. The predicted octanol–water partition coefficient (Wildman–Crippen LogP) is 1.76. The van der Waals surface area contributed by atoms with Crippen molar-refractivity contribution in [1.82, 2.24) is 4.90 Å². The summed E-state index contributed by atoms with van der Waals surface area (Å²) in [7, 11) is 1.30. The normalized spacial score (nSPS) is 19.2. The largest absolute Gasteiger partial charge is 0.481 e. The molecule has 5 nitrogen and oxygen atoms in total. The van der Waals surface area contributed by atoms with Gasteiger partial charge in [0.15, 0.2) is 6.10 Å². The van der Waals surface area contributed by atoms with Crippen molar-refractivity contribution < 1.29 is 23.5 Å². The van der Waals surface area contributed by atoms with Crippen LogP contribution in [0, 0.1) is 5.82 Å². The van der Waals surface area contributed by atoms with Gasteiger partial charge in [0.2, 0.25) is 0 Å². The summed E-state index contributed by atoms with van der Waals surface area (Å²) in [5.74, 6) is -0.864. The van der Waals surface area contributed by atoms with E-state index in [1.807, 2.05) is 0 Å². The van der Waals surface area contributed by atoms with Crippen molar-refractivity contribution in [1.29, 1.82) is 0 Å². The lowest BCUT2D eigenvalue weighted by Gasteiger charge is -2.26. The van der Waals surface area contributed by atoms with Gasteiger partial charge in [-0.05, 0) is 31.9 Å². The lowest BCUT2D eigenvalue weighted by atomic mass is 10.2. The molecule has 1 aromatic carbocycles. The molecule has 1 aromatic rings. The maximum Gasteiger partial charge on any atom is 0.328 e. The van der Waals surface area contributed by atoms with Crippen molar-refractivity contribution in [3.05, 3.63) is 30.1 Å². The van der Waals surface area contributed by atoms with Gasteiger partial charge in [0.1, 0.15) is 17.6 Å². The Kier molecular flexibility index (Phi) is 4.77. The quantitative estimate of drug-likeness (QED) is 0.794. The summed E-state index contributed by atoms with van der Waals surface area (Å²) in [6.45, 7) is 2.08. The first-order valence-electron chi connectivity index (χ1n) is 6.83. The number of carbonyl (C=O) groups excluding carboxylic acids is 2. The molecule has 0 aliphatic carbocycles. The Balaban J connectivity index is 2.03. The van der Waals surface area contributed by atoms with Crippen molar-refractivity contribution in [2.24, 2.45) is 0 Å². The van der Waals surface area contributed by atoms with Gasteiger partial charge < -0.3 is 14.4 Å². The van der Waals surface area contributed by atoms with E-state index in [4.69, 9.17) is 9.47 Å². The molecule has 1 heterocycles. The minimum atomic E-state index is -0.794. The van der Waals surface area contributed by atoms with Gasteiger partial charge in [-0.3, -0.25) is 4.79 Å². The zero-order valence-electron chi connectivity index (χ0n) is 12.0. The van der Waals surface area contributed by atoms with E-state index in [2.05, 4.69) is 0 Å². The van der Waals surface area contributed by atoms with Crippen LogP contribution in [0.3, 0.4) is 0 Å². The molecule has 21 heavy (non-hydrogen) atoms. The van der Waals surface area contributed by atoms with Gasteiger partial charge >= 0.3 is 5.97 Å². The number of halogens is 1. The molecule has 1 aliphatic rings. The minimum absolute atomic E-state index is 0.282. The van der Waals surface area contributed by atoms with E-state index in [0.29, 0.717) is 13.0 Å². The highest BCUT2D eigenvalue weighted by atomic mass is 19.1. The molecule has 6 heteroatoms. The van der Waals surface area contributed by atoms with Crippen molar-refractivity contribution in [2.75, 3.05) is 13.7 Å². The average molecular weight is 295 g/mol. The second-order valence-corrected chi connectivity index (χ2v) is 4.93. The fourth-order valence-electron chi connectivity index (χ4n) is 2.44. The number of nitrogens with zero attached hydrogens (tertiary/aromatic N) is 1. The van der Waals surface area contributed by atoms with Gasteiger partial charge in [-0.1, -0.05) is 6.07 Å². The molecule has 1 amide bonds. The number of amides is 1. The maximum absolute atomic E-state index is 13.1. The number of carbonyl (C=O) groups is 2. The molecular formula is C15H18FNO4. The van der Waals surface area contributed by atoms with Gasteiger partial charge in [0, 0.05) is 12.6 Å². The van der Waals surface area contributed by atoms with Crippen LogP contribution in [0.4, 0.5) is 4.39 Å². The van der Waals surface area contributed by atoms with E-state index in [1.165, 1.54) is 30.2 Å². The second-order valence-electron chi connectivity index (χ2n) is 4.93. The Bertz CT molecular complexity index is 534. The zero-order chi connectivity index (χ0) is 15.4. The first-order valence-corrected chi connectivity index (χ1v) is 6.83. The number of hydrogen-bond donors (Lipinski definition) is 0. The Labute approximate surface area is 122 Å². The number of rotatable bonds is 4. The van der Waals surface area contributed by atoms with Crippen LogP contribution in [-0.4, -0.2) is 42.6 Å². The monoisotopic (exact) mass is 295 g/mol. The van der Waals surface area contributed by atoms with Gasteiger partial charge in [-0.15, -0.1) is 0 Å².